The first-order chi connectivity index (χ1) is 14.1. The lowest BCUT2D eigenvalue weighted by molar-refractivity contribution is 0.274. The van der Waals surface area contributed by atoms with E-state index in [1.54, 1.807) is 0 Å². The van der Waals surface area contributed by atoms with Gasteiger partial charge in [-0.25, -0.2) is 0 Å². The molecule has 0 aliphatic heterocycles. The van der Waals surface area contributed by atoms with Crippen LogP contribution in [0.2, 0.25) is 0 Å². The summed E-state index contributed by atoms with van der Waals surface area (Å²) in [6.07, 6.45) is 19.1. The number of hydrogen-bond donors (Lipinski definition) is 0. The maximum absolute atomic E-state index is 12.5. The van der Waals surface area contributed by atoms with E-state index < -0.39 is 12.2 Å². The molecule has 0 bridgehead atoms. The molecule has 5 heteroatoms. The van der Waals surface area contributed by atoms with Crippen molar-refractivity contribution in [1.82, 2.24) is 0 Å². The molecule has 0 spiro atoms. The molecule has 1 unspecified atom stereocenters. The van der Waals surface area contributed by atoms with Crippen molar-refractivity contribution in [2.24, 2.45) is 0 Å². The third kappa shape index (κ3) is 11.2. The summed E-state index contributed by atoms with van der Waals surface area (Å²) in [6, 6.07) is 8.28. The Bertz CT molecular complexity index is 554. The molecule has 0 heterocycles. The predicted octanol–water partition coefficient (Wildman–Crippen LogP) is 9.20. The molecule has 0 saturated heterocycles. The molecule has 1 atom stereocenters. The van der Waals surface area contributed by atoms with Crippen LogP contribution >= 0.6 is 23.5 Å². The number of alkyl halides is 1. The minimum absolute atomic E-state index is 0.435. The molecular formula is C24H42BrO3P. The second kappa shape index (κ2) is 16.5. The number of aryl methyl sites for hydroxylation is 1. The van der Waals surface area contributed by atoms with Crippen LogP contribution in [0.25, 0.3) is 0 Å². The van der Waals surface area contributed by atoms with Gasteiger partial charge in [-0.1, -0.05) is 124 Å². The maximum Gasteiger partial charge on any atom is 0.348 e. The second-order valence-corrected chi connectivity index (χ2v) is 11.9. The molecule has 0 amide bonds. The molecule has 0 radical (unpaired) electrons. The van der Waals surface area contributed by atoms with Gasteiger partial charge in [0.15, 0.2) is 0 Å². The molecule has 0 saturated carbocycles. The van der Waals surface area contributed by atoms with Gasteiger partial charge in [-0.05, 0) is 24.0 Å². The summed E-state index contributed by atoms with van der Waals surface area (Å²) in [5.74, 6) is 0. The molecule has 0 aromatic heterocycles. The first-order valence-corrected chi connectivity index (χ1v) is 14.0. The lowest BCUT2D eigenvalue weighted by Gasteiger charge is -2.19. The fourth-order valence-corrected chi connectivity index (χ4v) is 6.00. The summed E-state index contributed by atoms with van der Waals surface area (Å²) in [5, 5.41) is 0. The van der Waals surface area contributed by atoms with Crippen LogP contribution in [-0.4, -0.2) is 14.2 Å². The highest BCUT2D eigenvalue weighted by Gasteiger charge is 2.33. The van der Waals surface area contributed by atoms with Crippen molar-refractivity contribution >= 4 is 23.5 Å². The van der Waals surface area contributed by atoms with Gasteiger partial charge in [-0.3, -0.25) is 4.57 Å². The Balaban J connectivity index is 2.09. The fraction of sp³-hybridized carbons (Fsp3) is 0.750. The van der Waals surface area contributed by atoms with E-state index in [0.29, 0.717) is 0 Å². The average Bonchev–Trinajstić information content (AvgIpc) is 2.76. The molecule has 1 rings (SSSR count). The van der Waals surface area contributed by atoms with Gasteiger partial charge in [0.2, 0.25) is 0 Å². The van der Waals surface area contributed by atoms with Gasteiger partial charge in [0.1, 0.15) is 4.57 Å². The second-order valence-electron chi connectivity index (χ2n) is 7.98. The van der Waals surface area contributed by atoms with Crippen molar-refractivity contribution in [2.45, 2.75) is 101 Å². The summed E-state index contributed by atoms with van der Waals surface area (Å²) >= 11 is 3.46. The van der Waals surface area contributed by atoms with E-state index in [9.17, 15) is 4.57 Å². The summed E-state index contributed by atoms with van der Waals surface area (Å²) in [6.45, 7) is 2.28. The fourth-order valence-electron chi connectivity index (χ4n) is 3.63. The summed E-state index contributed by atoms with van der Waals surface area (Å²) in [4.78, 5) is 0. The SMILES string of the molecule is CCCCCCCCCCCCCCCc1ccc(C(Br)P(=O)(OC)OC)cc1. The molecule has 29 heavy (non-hydrogen) atoms. The minimum atomic E-state index is -3.14. The molecule has 168 valence electrons. The monoisotopic (exact) mass is 488 g/mol. The average molecular weight is 489 g/mol. The van der Waals surface area contributed by atoms with Crippen molar-refractivity contribution in [2.75, 3.05) is 14.2 Å². The highest BCUT2D eigenvalue weighted by Crippen LogP contribution is 2.62. The van der Waals surface area contributed by atoms with Gasteiger partial charge in [-0.2, -0.15) is 0 Å². The summed E-state index contributed by atoms with van der Waals surface area (Å²) in [7, 11) is -0.307. The molecule has 0 N–H and O–H groups in total. The Morgan fingerprint density at radius 1 is 0.759 bits per heavy atom. The van der Waals surface area contributed by atoms with E-state index in [1.807, 2.05) is 12.1 Å². The quantitative estimate of drug-likeness (QED) is 0.117. The van der Waals surface area contributed by atoms with Gasteiger partial charge in [0, 0.05) is 14.2 Å². The Morgan fingerprint density at radius 2 is 1.17 bits per heavy atom. The van der Waals surface area contributed by atoms with Crippen LogP contribution in [0.1, 0.15) is 106 Å². The van der Waals surface area contributed by atoms with Gasteiger partial charge in [0.05, 0.1) is 0 Å². The maximum atomic E-state index is 12.5. The zero-order chi connectivity index (χ0) is 21.4. The topological polar surface area (TPSA) is 35.5 Å². The highest BCUT2D eigenvalue weighted by molar-refractivity contribution is 9.10. The first-order valence-electron chi connectivity index (χ1n) is 11.5. The third-order valence-electron chi connectivity index (χ3n) is 5.61. The van der Waals surface area contributed by atoms with Crippen molar-refractivity contribution < 1.29 is 13.6 Å². The molecule has 1 aromatic carbocycles. The van der Waals surface area contributed by atoms with Crippen molar-refractivity contribution in [1.29, 1.82) is 0 Å². The van der Waals surface area contributed by atoms with Crippen molar-refractivity contribution in [3.8, 4) is 0 Å². The summed E-state index contributed by atoms with van der Waals surface area (Å²) < 4.78 is 22.2. The van der Waals surface area contributed by atoms with E-state index in [2.05, 4.69) is 35.0 Å². The molecule has 1 aromatic rings. The first kappa shape index (κ1) is 26.9. The van der Waals surface area contributed by atoms with Crippen LogP contribution in [0.15, 0.2) is 24.3 Å². The Labute approximate surface area is 188 Å². The van der Waals surface area contributed by atoms with Crippen molar-refractivity contribution in [3.05, 3.63) is 35.4 Å². The van der Waals surface area contributed by atoms with Crippen LogP contribution in [0.5, 0.6) is 0 Å². The van der Waals surface area contributed by atoms with E-state index in [0.717, 1.165) is 12.0 Å². The van der Waals surface area contributed by atoms with Crippen LogP contribution in [0.3, 0.4) is 0 Å². The van der Waals surface area contributed by atoms with Crippen LogP contribution in [-0.2, 0) is 20.0 Å². The molecule has 0 fully saturated rings. The Kier molecular flexibility index (Phi) is 15.3. The molecular weight excluding hydrogens is 447 g/mol. The largest absolute Gasteiger partial charge is 0.348 e. The highest BCUT2D eigenvalue weighted by atomic mass is 79.9. The lowest BCUT2D eigenvalue weighted by Crippen LogP contribution is -1.97. The van der Waals surface area contributed by atoms with E-state index in [-0.39, 0.29) is 0 Å². The number of benzene rings is 1. The number of rotatable bonds is 18. The smallest absolute Gasteiger partial charge is 0.311 e. The minimum Gasteiger partial charge on any atom is -0.311 e. The van der Waals surface area contributed by atoms with Gasteiger partial charge < -0.3 is 9.05 Å². The normalized spacial score (nSPS) is 13.0. The standard InChI is InChI=1S/C24H42BrO3P/c1-4-5-6-7-8-9-10-11-12-13-14-15-16-17-22-18-20-23(21-19-22)24(25)29(26,27-2)28-3/h18-21,24H,4-17H2,1-3H3. The zero-order valence-corrected chi connectivity index (χ0v) is 21.3. The third-order valence-corrected chi connectivity index (χ3v) is 9.51. The number of hydrogen-bond acceptors (Lipinski definition) is 3. The molecule has 0 aliphatic carbocycles. The Morgan fingerprint density at radius 3 is 1.59 bits per heavy atom. The molecule has 3 nitrogen and oxygen atoms in total. The zero-order valence-electron chi connectivity index (χ0n) is 18.8. The Hall–Kier alpha value is -0.150. The number of unbranched alkanes of at least 4 members (excludes halogenated alkanes) is 12. The van der Waals surface area contributed by atoms with Gasteiger partial charge in [0.25, 0.3) is 0 Å². The molecule has 0 aliphatic rings. The van der Waals surface area contributed by atoms with Crippen LogP contribution in [0.4, 0.5) is 0 Å². The number of halogens is 1. The van der Waals surface area contributed by atoms with Crippen LogP contribution in [0, 0.1) is 0 Å². The van der Waals surface area contributed by atoms with Gasteiger partial charge in [-0.15, -0.1) is 0 Å². The van der Waals surface area contributed by atoms with Gasteiger partial charge >= 0.3 is 7.60 Å². The predicted molar refractivity (Wildman–Crippen MR) is 129 cm³/mol. The lowest BCUT2D eigenvalue weighted by atomic mass is 10.0. The van der Waals surface area contributed by atoms with E-state index in [1.165, 1.54) is 103 Å². The summed E-state index contributed by atoms with van der Waals surface area (Å²) in [5.41, 5.74) is 2.26. The van der Waals surface area contributed by atoms with Crippen molar-refractivity contribution in [3.63, 3.8) is 0 Å². The van der Waals surface area contributed by atoms with E-state index in [4.69, 9.17) is 9.05 Å². The van der Waals surface area contributed by atoms with E-state index >= 15 is 0 Å². The van der Waals surface area contributed by atoms with Crippen LogP contribution < -0.4 is 0 Å².